The standard InChI is InChI=1S/2C15H25.2ClH.Zr/c2*1-5-7-9-14-11-15(10-8-6-2)13(4)12(14)3;;;/h2*11H,5-10H2,1-4H3;2*1H;/q2*-1;;;+4/p-2. The largest absolute Gasteiger partial charge is 4.00 e. The molecule has 0 aromatic heterocycles. The monoisotopic (exact) mass is 570 g/mol. The topological polar surface area (TPSA) is 0 Å². The van der Waals surface area contributed by atoms with Crippen molar-refractivity contribution >= 4 is 0 Å². The quantitative estimate of drug-likeness (QED) is 0.342. The smallest absolute Gasteiger partial charge is 1.00 e. The van der Waals surface area contributed by atoms with Gasteiger partial charge in [-0.25, -0.2) is 12.1 Å². The molecule has 0 aliphatic heterocycles. The van der Waals surface area contributed by atoms with Gasteiger partial charge >= 0.3 is 26.2 Å². The van der Waals surface area contributed by atoms with Gasteiger partial charge in [0.25, 0.3) is 0 Å². The van der Waals surface area contributed by atoms with E-state index in [9.17, 15) is 0 Å². The van der Waals surface area contributed by atoms with Crippen molar-refractivity contribution in [1.29, 1.82) is 0 Å². The van der Waals surface area contributed by atoms with Crippen LogP contribution in [0.1, 0.15) is 124 Å². The van der Waals surface area contributed by atoms with E-state index in [0.29, 0.717) is 0 Å². The third-order valence-corrected chi connectivity index (χ3v) is 6.95. The van der Waals surface area contributed by atoms with Crippen molar-refractivity contribution in [2.45, 2.75) is 132 Å². The fourth-order valence-corrected chi connectivity index (χ4v) is 4.32. The molecule has 0 fully saturated rings. The molecule has 0 saturated carbocycles. The number of rotatable bonds is 12. The molecule has 0 bridgehead atoms. The minimum absolute atomic E-state index is 0. The molecular formula is C30H50Cl2Zr. The van der Waals surface area contributed by atoms with E-state index in [2.05, 4.69) is 67.5 Å². The van der Waals surface area contributed by atoms with Crippen molar-refractivity contribution in [3.8, 4) is 0 Å². The van der Waals surface area contributed by atoms with Crippen LogP contribution in [0.15, 0.2) is 12.1 Å². The molecule has 0 nitrogen and oxygen atoms in total. The first kappa shape index (κ1) is 37.7. The van der Waals surface area contributed by atoms with Gasteiger partial charge in [-0.3, -0.25) is 0 Å². The fourth-order valence-electron chi connectivity index (χ4n) is 4.32. The Bertz CT molecular complexity index is 605. The minimum Gasteiger partial charge on any atom is -1.00 e. The van der Waals surface area contributed by atoms with Crippen molar-refractivity contribution < 1.29 is 51.0 Å². The molecule has 0 spiro atoms. The molecule has 0 unspecified atom stereocenters. The Labute approximate surface area is 238 Å². The van der Waals surface area contributed by atoms with E-state index >= 15 is 0 Å². The van der Waals surface area contributed by atoms with Gasteiger partial charge in [0.1, 0.15) is 0 Å². The zero-order chi connectivity index (χ0) is 22.5. The molecule has 0 radical (unpaired) electrons. The number of hydrogen-bond donors (Lipinski definition) is 0. The zero-order valence-corrected chi connectivity index (χ0v) is 26.9. The molecule has 0 aliphatic carbocycles. The van der Waals surface area contributed by atoms with E-state index in [-0.39, 0.29) is 51.0 Å². The van der Waals surface area contributed by atoms with E-state index in [1.165, 1.54) is 77.0 Å². The summed E-state index contributed by atoms with van der Waals surface area (Å²) in [5.74, 6) is 0. The second kappa shape index (κ2) is 21.4. The third kappa shape index (κ3) is 12.6. The van der Waals surface area contributed by atoms with Crippen molar-refractivity contribution in [2.24, 2.45) is 0 Å². The van der Waals surface area contributed by atoms with Crippen LogP contribution >= 0.6 is 0 Å². The molecule has 2 aromatic rings. The zero-order valence-electron chi connectivity index (χ0n) is 22.9. The molecule has 33 heavy (non-hydrogen) atoms. The van der Waals surface area contributed by atoms with Gasteiger partial charge in [0.05, 0.1) is 0 Å². The molecule has 0 saturated heterocycles. The normalized spacial score (nSPS) is 9.94. The van der Waals surface area contributed by atoms with Gasteiger partial charge in [-0.15, -0.1) is 0 Å². The van der Waals surface area contributed by atoms with Gasteiger partial charge in [-0.05, 0) is 0 Å². The van der Waals surface area contributed by atoms with E-state index in [0.717, 1.165) is 0 Å². The second-order valence-electron chi connectivity index (χ2n) is 9.30. The first-order chi connectivity index (χ1) is 14.4. The van der Waals surface area contributed by atoms with Crippen molar-refractivity contribution in [3.63, 3.8) is 0 Å². The van der Waals surface area contributed by atoms with Crippen LogP contribution in [0.25, 0.3) is 0 Å². The Morgan fingerprint density at radius 3 is 1.09 bits per heavy atom. The maximum atomic E-state index is 2.45. The van der Waals surface area contributed by atoms with E-state index < -0.39 is 0 Å². The number of hydrogen-bond acceptors (Lipinski definition) is 0. The molecule has 0 amide bonds. The predicted molar refractivity (Wildman–Crippen MR) is 137 cm³/mol. The Morgan fingerprint density at radius 1 is 0.545 bits per heavy atom. The second-order valence-corrected chi connectivity index (χ2v) is 9.30. The van der Waals surface area contributed by atoms with Gasteiger partial charge in [0, 0.05) is 0 Å². The van der Waals surface area contributed by atoms with Crippen LogP contribution in [0.4, 0.5) is 0 Å². The van der Waals surface area contributed by atoms with Crippen molar-refractivity contribution in [3.05, 3.63) is 56.6 Å². The first-order valence-electron chi connectivity index (χ1n) is 12.9. The first-order valence-corrected chi connectivity index (χ1v) is 12.9. The molecule has 2 rings (SSSR count). The Balaban J connectivity index is -0.000000500. The van der Waals surface area contributed by atoms with Gasteiger partial charge in [-0.2, -0.15) is 44.5 Å². The average Bonchev–Trinajstić information content (AvgIpc) is 3.18. The number of halogens is 2. The molecule has 2 aromatic carbocycles. The summed E-state index contributed by atoms with van der Waals surface area (Å²) in [7, 11) is 0. The molecule has 0 atom stereocenters. The van der Waals surface area contributed by atoms with Gasteiger partial charge in [0.2, 0.25) is 0 Å². The fraction of sp³-hybridized carbons (Fsp3) is 0.667. The van der Waals surface area contributed by atoms with E-state index in [4.69, 9.17) is 0 Å². The SMILES string of the molecule is CCCCc1cc(CCCC)[c-](C)c1C.CCCCc1cc(CCCC)[c-](C)c1C.[Cl-].[Cl-].[Zr+4]. The summed E-state index contributed by atoms with van der Waals surface area (Å²) in [6.07, 6.45) is 15.6. The summed E-state index contributed by atoms with van der Waals surface area (Å²) < 4.78 is 0. The summed E-state index contributed by atoms with van der Waals surface area (Å²) in [5.41, 5.74) is 12.6. The molecule has 0 N–H and O–H groups in total. The van der Waals surface area contributed by atoms with Crippen LogP contribution < -0.4 is 24.8 Å². The van der Waals surface area contributed by atoms with Crippen molar-refractivity contribution in [2.75, 3.05) is 0 Å². The van der Waals surface area contributed by atoms with Crippen LogP contribution in [0.3, 0.4) is 0 Å². The van der Waals surface area contributed by atoms with Gasteiger partial charge in [-0.1, -0.05) is 132 Å². The van der Waals surface area contributed by atoms with Crippen LogP contribution in [0, 0.1) is 27.7 Å². The van der Waals surface area contributed by atoms with E-state index in [1.807, 2.05) is 0 Å². The maximum Gasteiger partial charge on any atom is 4.00 e. The maximum absolute atomic E-state index is 2.45. The molecule has 3 heteroatoms. The summed E-state index contributed by atoms with van der Waals surface area (Å²) >= 11 is 0. The summed E-state index contributed by atoms with van der Waals surface area (Å²) in [4.78, 5) is 0. The van der Waals surface area contributed by atoms with Crippen LogP contribution in [-0.4, -0.2) is 0 Å². The molecule has 0 aliphatic rings. The van der Waals surface area contributed by atoms with Crippen molar-refractivity contribution in [1.82, 2.24) is 0 Å². The van der Waals surface area contributed by atoms with Crippen LogP contribution in [0.2, 0.25) is 0 Å². The molecule has 0 heterocycles. The van der Waals surface area contributed by atoms with Gasteiger partial charge in [0.15, 0.2) is 0 Å². The van der Waals surface area contributed by atoms with Gasteiger partial charge < -0.3 is 24.8 Å². The minimum atomic E-state index is 0. The summed E-state index contributed by atoms with van der Waals surface area (Å²) in [6.45, 7) is 18.2. The number of unbranched alkanes of at least 4 members (excludes halogenated alkanes) is 4. The Morgan fingerprint density at radius 2 is 0.818 bits per heavy atom. The third-order valence-electron chi connectivity index (χ3n) is 6.95. The average molecular weight is 573 g/mol. The van der Waals surface area contributed by atoms with E-state index in [1.54, 1.807) is 44.5 Å². The summed E-state index contributed by atoms with van der Waals surface area (Å²) in [6, 6.07) is 4.91. The molecule has 188 valence electrons. The summed E-state index contributed by atoms with van der Waals surface area (Å²) in [5, 5.41) is 0. The van der Waals surface area contributed by atoms with Crippen LogP contribution in [0.5, 0.6) is 0 Å². The molecular weight excluding hydrogens is 522 g/mol. The number of aryl methyl sites for hydroxylation is 4. The Kier molecular flexibility index (Phi) is 24.5. The Hall–Kier alpha value is 0.163. The van der Waals surface area contributed by atoms with Crippen LogP contribution in [-0.2, 0) is 51.9 Å². The predicted octanol–water partition coefficient (Wildman–Crippen LogP) is 3.42.